The molecule has 1 fully saturated rings. The van der Waals surface area contributed by atoms with Gasteiger partial charge in [0.2, 0.25) is 0 Å². The Morgan fingerprint density at radius 2 is 2.29 bits per heavy atom. The van der Waals surface area contributed by atoms with Gasteiger partial charge < -0.3 is 14.7 Å². The van der Waals surface area contributed by atoms with Crippen molar-refractivity contribution >= 4 is 5.82 Å². The van der Waals surface area contributed by atoms with Gasteiger partial charge in [0.05, 0.1) is 18.4 Å². The Labute approximate surface area is 102 Å². The van der Waals surface area contributed by atoms with Crippen molar-refractivity contribution in [3.63, 3.8) is 0 Å². The fraction of sp³-hybridized carbons (Fsp3) is 0.750. The van der Waals surface area contributed by atoms with Gasteiger partial charge in [-0.2, -0.15) is 5.10 Å². The first-order chi connectivity index (χ1) is 8.13. The summed E-state index contributed by atoms with van der Waals surface area (Å²) in [5.74, 6) is 1.03. The average molecular weight is 239 g/mol. The van der Waals surface area contributed by atoms with Gasteiger partial charge in [-0.05, 0) is 20.3 Å². The topological polar surface area (TPSA) is 50.5 Å². The summed E-state index contributed by atoms with van der Waals surface area (Å²) < 4.78 is 7.50. The van der Waals surface area contributed by atoms with Crippen LogP contribution in [-0.4, -0.2) is 40.7 Å². The molecule has 1 aromatic heterocycles. The number of anilines is 1. The van der Waals surface area contributed by atoms with Gasteiger partial charge >= 0.3 is 0 Å². The van der Waals surface area contributed by atoms with Gasteiger partial charge in [-0.15, -0.1) is 0 Å². The third kappa shape index (κ3) is 2.45. The summed E-state index contributed by atoms with van der Waals surface area (Å²) in [6, 6.07) is 0. The number of hydrogen-bond acceptors (Lipinski definition) is 4. The Bertz CT molecular complexity index is 389. The van der Waals surface area contributed by atoms with Crippen molar-refractivity contribution in [1.82, 2.24) is 9.78 Å². The van der Waals surface area contributed by atoms with Crippen LogP contribution in [0.5, 0.6) is 0 Å². The molecule has 0 radical (unpaired) electrons. The fourth-order valence-electron chi connectivity index (χ4n) is 2.46. The molecule has 0 aromatic carbocycles. The molecule has 5 nitrogen and oxygen atoms in total. The molecule has 17 heavy (non-hydrogen) atoms. The number of hydrogen-bond donors (Lipinski definition) is 1. The van der Waals surface area contributed by atoms with Gasteiger partial charge in [-0.1, -0.05) is 0 Å². The molecule has 2 rings (SSSR count). The van der Waals surface area contributed by atoms with Crippen LogP contribution < -0.4 is 4.90 Å². The van der Waals surface area contributed by atoms with E-state index in [-0.39, 0.29) is 12.7 Å². The smallest absolute Gasteiger partial charge is 0.132 e. The largest absolute Gasteiger partial charge is 0.391 e. The quantitative estimate of drug-likeness (QED) is 0.830. The predicted octanol–water partition coefficient (Wildman–Crippen LogP) is 0.836. The third-order valence-corrected chi connectivity index (χ3v) is 3.22. The first kappa shape index (κ1) is 12.4. The van der Waals surface area contributed by atoms with Crippen molar-refractivity contribution in [2.24, 2.45) is 7.05 Å². The third-order valence-electron chi connectivity index (χ3n) is 3.22. The molecule has 2 heterocycles. The molecule has 1 aliphatic rings. The van der Waals surface area contributed by atoms with Crippen molar-refractivity contribution in [2.45, 2.75) is 33.0 Å². The van der Waals surface area contributed by atoms with Gasteiger partial charge in [-0.25, -0.2) is 0 Å². The number of ether oxygens (including phenoxy) is 1. The molecule has 1 aromatic rings. The Kier molecular flexibility index (Phi) is 3.69. The Morgan fingerprint density at radius 1 is 1.53 bits per heavy atom. The SMILES string of the molecule is Cc1nn(C)c(N2CCCOC(C)C2)c1CO. The molecule has 0 saturated carbocycles. The van der Waals surface area contributed by atoms with Crippen molar-refractivity contribution in [1.29, 1.82) is 0 Å². The molecule has 1 unspecified atom stereocenters. The molecule has 0 amide bonds. The summed E-state index contributed by atoms with van der Waals surface area (Å²) >= 11 is 0. The van der Waals surface area contributed by atoms with Gasteiger partial charge in [0.1, 0.15) is 5.82 Å². The zero-order chi connectivity index (χ0) is 12.4. The average Bonchev–Trinajstić information content (AvgIpc) is 2.46. The number of aliphatic hydroxyl groups is 1. The summed E-state index contributed by atoms with van der Waals surface area (Å²) in [4.78, 5) is 2.27. The van der Waals surface area contributed by atoms with Crippen LogP contribution in [0.25, 0.3) is 0 Å². The normalized spacial score (nSPS) is 21.6. The number of nitrogens with zero attached hydrogens (tertiary/aromatic N) is 3. The molecule has 0 spiro atoms. The predicted molar refractivity (Wildman–Crippen MR) is 66.1 cm³/mol. The van der Waals surface area contributed by atoms with Gasteiger partial charge in [0.25, 0.3) is 0 Å². The van der Waals surface area contributed by atoms with E-state index in [1.807, 2.05) is 18.7 Å². The van der Waals surface area contributed by atoms with Crippen molar-refractivity contribution < 1.29 is 9.84 Å². The Balaban J connectivity index is 2.31. The van der Waals surface area contributed by atoms with E-state index in [2.05, 4.69) is 16.9 Å². The Hall–Kier alpha value is -1.07. The maximum absolute atomic E-state index is 9.47. The van der Waals surface area contributed by atoms with Gasteiger partial charge in [0, 0.05) is 32.3 Å². The minimum absolute atomic E-state index is 0.0424. The highest BCUT2D eigenvalue weighted by molar-refractivity contribution is 5.50. The summed E-state index contributed by atoms with van der Waals surface area (Å²) in [5, 5.41) is 13.9. The first-order valence-electron chi connectivity index (χ1n) is 6.13. The van der Waals surface area contributed by atoms with E-state index in [0.29, 0.717) is 0 Å². The molecule has 1 aliphatic heterocycles. The van der Waals surface area contributed by atoms with E-state index in [9.17, 15) is 5.11 Å². The zero-order valence-electron chi connectivity index (χ0n) is 10.8. The number of aromatic nitrogens is 2. The number of aryl methyl sites for hydroxylation is 2. The van der Waals surface area contributed by atoms with E-state index in [4.69, 9.17) is 4.74 Å². The highest BCUT2D eigenvalue weighted by Gasteiger charge is 2.22. The zero-order valence-corrected chi connectivity index (χ0v) is 10.8. The second kappa shape index (κ2) is 5.06. The molecule has 1 N–H and O–H groups in total. The van der Waals surface area contributed by atoms with Crippen LogP contribution in [0.3, 0.4) is 0 Å². The van der Waals surface area contributed by atoms with Crippen molar-refractivity contribution in [3.05, 3.63) is 11.3 Å². The maximum Gasteiger partial charge on any atom is 0.132 e. The molecule has 0 bridgehead atoms. The summed E-state index contributed by atoms with van der Waals surface area (Å²) in [7, 11) is 1.93. The molecular weight excluding hydrogens is 218 g/mol. The van der Waals surface area contributed by atoms with Crippen LogP contribution >= 0.6 is 0 Å². The van der Waals surface area contributed by atoms with E-state index >= 15 is 0 Å². The van der Waals surface area contributed by atoms with Crippen LogP contribution in [0.15, 0.2) is 0 Å². The van der Waals surface area contributed by atoms with Crippen LogP contribution in [0, 0.1) is 6.92 Å². The molecule has 0 aliphatic carbocycles. The molecule has 5 heteroatoms. The monoisotopic (exact) mass is 239 g/mol. The summed E-state index contributed by atoms with van der Waals surface area (Å²) in [5.41, 5.74) is 1.84. The van der Waals surface area contributed by atoms with Gasteiger partial charge in [0.15, 0.2) is 0 Å². The molecule has 1 atom stereocenters. The first-order valence-corrected chi connectivity index (χ1v) is 6.13. The summed E-state index contributed by atoms with van der Waals surface area (Å²) in [6.45, 7) is 6.68. The maximum atomic E-state index is 9.47. The molecular formula is C12H21N3O2. The second-order valence-corrected chi connectivity index (χ2v) is 4.65. The van der Waals surface area contributed by atoms with Crippen LogP contribution in [0.2, 0.25) is 0 Å². The summed E-state index contributed by atoms with van der Waals surface area (Å²) in [6.07, 6.45) is 1.23. The highest BCUT2D eigenvalue weighted by atomic mass is 16.5. The minimum atomic E-state index is 0.0424. The van der Waals surface area contributed by atoms with Gasteiger partial charge in [-0.3, -0.25) is 4.68 Å². The number of rotatable bonds is 2. The number of aliphatic hydroxyl groups excluding tert-OH is 1. The lowest BCUT2D eigenvalue weighted by atomic mass is 10.2. The standard InChI is InChI=1S/C12H21N3O2/c1-9-7-15(5-4-6-17-9)12-11(8-16)10(2)13-14(12)3/h9,16H,4-8H2,1-3H3. The van der Waals surface area contributed by atoms with Crippen molar-refractivity contribution in [2.75, 3.05) is 24.6 Å². The van der Waals surface area contributed by atoms with E-state index in [0.717, 1.165) is 43.2 Å². The lowest BCUT2D eigenvalue weighted by molar-refractivity contribution is 0.0820. The molecule has 1 saturated heterocycles. The fourth-order valence-corrected chi connectivity index (χ4v) is 2.46. The Morgan fingerprint density at radius 3 is 3.00 bits per heavy atom. The van der Waals surface area contributed by atoms with Crippen LogP contribution in [0.4, 0.5) is 5.82 Å². The highest BCUT2D eigenvalue weighted by Crippen LogP contribution is 2.24. The minimum Gasteiger partial charge on any atom is -0.391 e. The lowest BCUT2D eigenvalue weighted by Gasteiger charge is -2.25. The second-order valence-electron chi connectivity index (χ2n) is 4.65. The van der Waals surface area contributed by atoms with E-state index < -0.39 is 0 Å². The van der Waals surface area contributed by atoms with E-state index in [1.165, 1.54) is 0 Å². The lowest BCUT2D eigenvalue weighted by Crippen LogP contribution is -2.32. The molecule has 96 valence electrons. The van der Waals surface area contributed by atoms with Crippen LogP contribution in [0.1, 0.15) is 24.6 Å². The van der Waals surface area contributed by atoms with Crippen molar-refractivity contribution in [3.8, 4) is 0 Å². The van der Waals surface area contributed by atoms with Crippen LogP contribution in [-0.2, 0) is 18.4 Å². The van der Waals surface area contributed by atoms with E-state index in [1.54, 1.807) is 0 Å².